The molecule has 0 radical (unpaired) electrons. The molecule has 0 fully saturated rings. The van der Waals surface area contributed by atoms with Gasteiger partial charge < -0.3 is 14.8 Å². The van der Waals surface area contributed by atoms with Gasteiger partial charge in [-0.15, -0.1) is 0 Å². The Hall–Kier alpha value is -2.95. The summed E-state index contributed by atoms with van der Waals surface area (Å²) in [6.07, 6.45) is -0.294. The van der Waals surface area contributed by atoms with Crippen molar-refractivity contribution in [3.05, 3.63) is 102 Å². The normalized spacial score (nSPS) is 10.7. The number of hydrogen-bond donors (Lipinski definition) is 1. The Balaban J connectivity index is 1.67. The van der Waals surface area contributed by atoms with Crippen molar-refractivity contribution < 1.29 is 14.3 Å². The number of anilines is 1. The van der Waals surface area contributed by atoms with Gasteiger partial charge in [-0.05, 0) is 28.8 Å². The Morgan fingerprint density at radius 1 is 0.889 bits per heavy atom. The van der Waals surface area contributed by atoms with Crippen LogP contribution in [0.25, 0.3) is 0 Å². The fraction of sp³-hybridized carbons (Fsp3) is 0.174. The third kappa shape index (κ3) is 5.51. The number of carbonyl (C=O) groups is 1. The minimum absolute atomic E-state index is 0.0387. The molecule has 0 aromatic heterocycles. The summed E-state index contributed by atoms with van der Waals surface area (Å²) < 4.78 is 11.1. The lowest BCUT2D eigenvalue weighted by Gasteiger charge is -2.19. The molecule has 3 aromatic rings. The lowest BCUT2D eigenvalue weighted by atomic mass is 10.0. The largest absolute Gasteiger partial charge is 0.380 e. The van der Waals surface area contributed by atoms with Crippen LogP contribution in [-0.4, -0.2) is 19.6 Å². The van der Waals surface area contributed by atoms with E-state index < -0.39 is 0 Å². The van der Waals surface area contributed by atoms with Gasteiger partial charge in [-0.2, -0.15) is 0 Å². The van der Waals surface area contributed by atoms with Gasteiger partial charge in [-0.3, -0.25) is 4.79 Å². The maximum atomic E-state index is 12.4. The van der Waals surface area contributed by atoms with E-state index >= 15 is 0 Å². The average Bonchev–Trinajstić information content (AvgIpc) is 2.70. The van der Waals surface area contributed by atoms with Gasteiger partial charge in [0.2, 0.25) is 5.91 Å². The van der Waals surface area contributed by atoms with Gasteiger partial charge in [0.1, 0.15) is 12.7 Å². The second kappa shape index (κ2) is 9.67. The van der Waals surface area contributed by atoms with E-state index in [1.54, 1.807) is 7.11 Å². The van der Waals surface area contributed by atoms with Gasteiger partial charge in [0.05, 0.1) is 6.61 Å². The van der Waals surface area contributed by atoms with Gasteiger partial charge in [-0.1, -0.05) is 72.8 Å². The summed E-state index contributed by atoms with van der Waals surface area (Å²) in [5.41, 5.74) is 3.76. The van der Waals surface area contributed by atoms with Crippen LogP contribution >= 0.6 is 0 Å². The van der Waals surface area contributed by atoms with Gasteiger partial charge >= 0.3 is 0 Å². The first-order valence-corrected chi connectivity index (χ1v) is 8.85. The number of ether oxygens (including phenoxy) is 2. The summed E-state index contributed by atoms with van der Waals surface area (Å²) in [7, 11) is 1.65. The highest BCUT2D eigenvalue weighted by atomic mass is 16.5. The van der Waals surface area contributed by atoms with Gasteiger partial charge in [0.25, 0.3) is 0 Å². The Morgan fingerprint density at radius 3 is 2.11 bits per heavy atom. The Morgan fingerprint density at radius 2 is 1.52 bits per heavy atom. The van der Waals surface area contributed by atoms with Crippen molar-refractivity contribution >= 4 is 11.6 Å². The van der Waals surface area contributed by atoms with Crippen LogP contribution in [-0.2, 0) is 20.9 Å². The second-order valence-electron chi connectivity index (χ2n) is 6.19. The van der Waals surface area contributed by atoms with Crippen LogP contribution in [0.5, 0.6) is 0 Å². The summed E-state index contributed by atoms with van der Waals surface area (Å²) in [6.45, 7) is 0.466. The van der Waals surface area contributed by atoms with E-state index in [9.17, 15) is 4.79 Å². The monoisotopic (exact) mass is 361 g/mol. The number of carbonyl (C=O) groups excluding carboxylic acids is 1. The highest BCUT2D eigenvalue weighted by Crippen LogP contribution is 2.25. The molecule has 1 N–H and O–H groups in total. The molecular weight excluding hydrogens is 338 g/mol. The maximum absolute atomic E-state index is 12.4. The van der Waals surface area contributed by atoms with Crippen molar-refractivity contribution in [1.29, 1.82) is 0 Å². The zero-order valence-corrected chi connectivity index (χ0v) is 15.3. The van der Waals surface area contributed by atoms with E-state index in [2.05, 4.69) is 5.32 Å². The highest BCUT2D eigenvalue weighted by Gasteiger charge is 2.16. The van der Waals surface area contributed by atoms with E-state index in [0.29, 0.717) is 6.61 Å². The molecule has 3 aromatic carbocycles. The third-order valence-corrected chi connectivity index (χ3v) is 4.11. The second-order valence-corrected chi connectivity index (χ2v) is 6.19. The fourth-order valence-corrected chi connectivity index (χ4v) is 2.90. The average molecular weight is 361 g/mol. The van der Waals surface area contributed by atoms with E-state index in [1.807, 2.05) is 84.9 Å². The molecule has 1 amide bonds. The van der Waals surface area contributed by atoms with E-state index in [-0.39, 0.29) is 18.6 Å². The van der Waals surface area contributed by atoms with E-state index in [0.717, 1.165) is 22.4 Å². The number of methoxy groups -OCH3 is 1. The summed E-state index contributed by atoms with van der Waals surface area (Å²) >= 11 is 0. The minimum atomic E-state index is -0.294. The first-order valence-electron chi connectivity index (χ1n) is 8.85. The van der Waals surface area contributed by atoms with Crippen LogP contribution < -0.4 is 5.32 Å². The first-order chi connectivity index (χ1) is 13.3. The lowest BCUT2D eigenvalue weighted by molar-refractivity contribution is -0.121. The quantitative estimate of drug-likeness (QED) is 0.639. The van der Waals surface area contributed by atoms with Gasteiger partial charge in [-0.25, -0.2) is 0 Å². The number of hydrogen-bond acceptors (Lipinski definition) is 3. The summed E-state index contributed by atoms with van der Waals surface area (Å²) in [6, 6.07) is 27.4. The number of amides is 1. The van der Waals surface area contributed by atoms with Crippen LogP contribution in [0.1, 0.15) is 22.8 Å². The summed E-state index contributed by atoms with van der Waals surface area (Å²) in [4.78, 5) is 12.4. The van der Waals surface area contributed by atoms with Crippen LogP contribution in [0.15, 0.2) is 84.9 Å². The van der Waals surface area contributed by atoms with E-state index in [1.165, 1.54) is 0 Å². The molecule has 0 heterocycles. The summed E-state index contributed by atoms with van der Waals surface area (Å²) in [5.74, 6) is -0.193. The highest BCUT2D eigenvalue weighted by molar-refractivity contribution is 5.91. The van der Waals surface area contributed by atoms with Crippen molar-refractivity contribution in [2.75, 3.05) is 19.0 Å². The topological polar surface area (TPSA) is 47.6 Å². The molecule has 0 saturated heterocycles. The molecule has 0 bridgehead atoms. The first kappa shape index (κ1) is 18.8. The molecule has 4 nitrogen and oxygen atoms in total. The van der Waals surface area contributed by atoms with E-state index in [4.69, 9.17) is 9.47 Å². The van der Waals surface area contributed by atoms with Gasteiger partial charge in [0, 0.05) is 12.8 Å². The number of rotatable bonds is 8. The molecule has 0 unspecified atom stereocenters. The molecule has 0 atom stereocenters. The van der Waals surface area contributed by atoms with Crippen LogP contribution in [0.3, 0.4) is 0 Å². The zero-order valence-electron chi connectivity index (χ0n) is 15.3. The Bertz CT molecular complexity index is 810. The fourth-order valence-electron chi connectivity index (χ4n) is 2.90. The molecule has 4 heteroatoms. The van der Waals surface area contributed by atoms with Crippen molar-refractivity contribution in [1.82, 2.24) is 0 Å². The number of nitrogens with one attached hydrogen (secondary N) is 1. The van der Waals surface area contributed by atoms with Crippen LogP contribution in [0.2, 0.25) is 0 Å². The standard InChI is InChI=1S/C23H23NO3/c1-26-16-18-9-8-14-21(15-18)24-22(25)17-27-23(19-10-4-2-5-11-19)20-12-6-3-7-13-20/h2-15,23H,16-17H2,1H3,(H,24,25). The molecule has 0 aliphatic heterocycles. The van der Waals surface area contributed by atoms with Crippen molar-refractivity contribution in [3.63, 3.8) is 0 Å². The molecule has 0 aliphatic carbocycles. The van der Waals surface area contributed by atoms with Crippen LogP contribution in [0.4, 0.5) is 5.69 Å². The lowest BCUT2D eigenvalue weighted by Crippen LogP contribution is -2.20. The number of benzene rings is 3. The SMILES string of the molecule is COCc1cccc(NC(=O)COC(c2ccccc2)c2ccccc2)c1. The predicted molar refractivity (Wildman–Crippen MR) is 106 cm³/mol. The van der Waals surface area contributed by atoms with Crippen molar-refractivity contribution in [2.24, 2.45) is 0 Å². The van der Waals surface area contributed by atoms with Crippen molar-refractivity contribution in [3.8, 4) is 0 Å². The smallest absolute Gasteiger partial charge is 0.250 e. The Kier molecular flexibility index (Phi) is 6.74. The molecule has 138 valence electrons. The van der Waals surface area contributed by atoms with Gasteiger partial charge in [0.15, 0.2) is 0 Å². The summed E-state index contributed by atoms with van der Waals surface area (Å²) in [5, 5.41) is 2.88. The molecule has 27 heavy (non-hydrogen) atoms. The predicted octanol–water partition coefficient (Wildman–Crippen LogP) is 4.58. The Labute approximate surface area is 159 Å². The van der Waals surface area contributed by atoms with Crippen LogP contribution in [0, 0.1) is 0 Å². The maximum Gasteiger partial charge on any atom is 0.250 e. The molecule has 0 saturated carbocycles. The molecule has 3 rings (SSSR count). The minimum Gasteiger partial charge on any atom is -0.380 e. The molecule has 0 aliphatic rings. The zero-order chi connectivity index (χ0) is 18.9. The third-order valence-electron chi connectivity index (χ3n) is 4.11. The molecule has 0 spiro atoms. The molecular formula is C23H23NO3. The van der Waals surface area contributed by atoms with Crippen molar-refractivity contribution in [2.45, 2.75) is 12.7 Å².